The summed E-state index contributed by atoms with van der Waals surface area (Å²) in [6.45, 7) is 0.400. The second-order valence-electron chi connectivity index (χ2n) is 4.34. The number of aliphatic hydroxyl groups is 1. The number of aromatic carboxylic acids is 1. The molecule has 2 rings (SSSR count). The Morgan fingerprint density at radius 3 is 2.68 bits per heavy atom. The number of anilines is 1. The second kappa shape index (κ2) is 5.68. The quantitative estimate of drug-likeness (QED) is 0.658. The number of carbonyl (C=O) groups is 2. The average molecular weight is 329 g/mol. The summed E-state index contributed by atoms with van der Waals surface area (Å²) in [5.74, 6) is -1.28. The molecule has 1 aliphatic heterocycles. The van der Waals surface area contributed by atoms with Gasteiger partial charge in [0, 0.05) is 11.0 Å². The van der Waals surface area contributed by atoms with Gasteiger partial charge < -0.3 is 20.8 Å². The minimum Gasteiger partial charge on any atom is -0.478 e. The molecule has 1 fully saturated rings. The van der Waals surface area contributed by atoms with Crippen molar-refractivity contribution in [3.05, 3.63) is 28.2 Å². The Labute approximate surface area is 117 Å². The van der Waals surface area contributed by atoms with E-state index in [0.29, 0.717) is 23.1 Å². The Hall–Kier alpha value is -1.44. The molecular weight excluding hydrogens is 316 g/mol. The fourth-order valence-electron chi connectivity index (χ4n) is 1.89. The fraction of sp³-hybridized carbons (Fsp3) is 0.333. The van der Waals surface area contributed by atoms with E-state index < -0.39 is 18.1 Å². The van der Waals surface area contributed by atoms with Crippen molar-refractivity contribution in [2.45, 2.75) is 18.6 Å². The first-order chi connectivity index (χ1) is 8.97. The largest absolute Gasteiger partial charge is 0.478 e. The van der Waals surface area contributed by atoms with Gasteiger partial charge in [0.25, 0.3) is 0 Å². The van der Waals surface area contributed by atoms with Crippen LogP contribution in [0.15, 0.2) is 22.7 Å². The zero-order chi connectivity index (χ0) is 14.0. The van der Waals surface area contributed by atoms with Crippen molar-refractivity contribution in [1.29, 1.82) is 0 Å². The van der Waals surface area contributed by atoms with Crippen LogP contribution in [0.4, 0.5) is 5.69 Å². The van der Waals surface area contributed by atoms with Gasteiger partial charge in [-0.05, 0) is 40.5 Å². The van der Waals surface area contributed by atoms with Gasteiger partial charge in [-0.1, -0.05) is 0 Å². The molecule has 1 aromatic carbocycles. The van der Waals surface area contributed by atoms with Crippen LogP contribution in [0.3, 0.4) is 0 Å². The monoisotopic (exact) mass is 328 g/mol. The topological polar surface area (TPSA) is 98.7 Å². The van der Waals surface area contributed by atoms with Crippen molar-refractivity contribution in [2.24, 2.45) is 0 Å². The molecule has 0 spiro atoms. The molecule has 0 bridgehead atoms. The van der Waals surface area contributed by atoms with E-state index in [-0.39, 0.29) is 11.5 Å². The molecule has 4 N–H and O–H groups in total. The van der Waals surface area contributed by atoms with Gasteiger partial charge in [-0.15, -0.1) is 0 Å². The Balaban J connectivity index is 2.07. The molecule has 1 aromatic rings. The number of aliphatic hydroxyl groups excluding tert-OH is 1. The number of carbonyl (C=O) groups excluding carboxylic acids is 1. The standard InChI is InChI=1S/C12H13BrN2O4/c13-8-3-6(12(18)19)1-2-9(8)15-11(17)10-4-7(16)5-14-10/h1-3,7,10,14,16H,4-5H2,(H,15,17)(H,18,19). The van der Waals surface area contributed by atoms with Crippen LogP contribution in [0.5, 0.6) is 0 Å². The fourth-order valence-corrected chi connectivity index (χ4v) is 2.36. The Kier molecular flexibility index (Phi) is 4.18. The third-order valence-electron chi connectivity index (χ3n) is 2.90. The number of carboxylic acids is 1. The van der Waals surface area contributed by atoms with Gasteiger partial charge in [0.05, 0.1) is 23.4 Å². The lowest BCUT2D eigenvalue weighted by atomic mass is 10.1. The molecule has 1 heterocycles. The van der Waals surface area contributed by atoms with Crippen LogP contribution in [0.1, 0.15) is 16.8 Å². The highest BCUT2D eigenvalue weighted by molar-refractivity contribution is 9.10. The minimum atomic E-state index is -1.03. The van der Waals surface area contributed by atoms with E-state index in [4.69, 9.17) is 5.11 Å². The van der Waals surface area contributed by atoms with Gasteiger partial charge in [-0.3, -0.25) is 4.79 Å². The molecule has 1 aliphatic rings. The third kappa shape index (κ3) is 3.31. The summed E-state index contributed by atoms with van der Waals surface area (Å²) in [6.07, 6.45) is -0.134. The van der Waals surface area contributed by atoms with Gasteiger partial charge in [-0.2, -0.15) is 0 Å². The number of β-amino-alcohol motifs (C(OH)–C–C–N with tert-alkyl or cyclic N) is 1. The Morgan fingerprint density at radius 1 is 1.42 bits per heavy atom. The summed E-state index contributed by atoms with van der Waals surface area (Å²) >= 11 is 3.22. The van der Waals surface area contributed by atoms with Crippen LogP contribution in [-0.4, -0.2) is 40.8 Å². The summed E-state index contributed by atoms with van der Waals surface area (Å²) in [7, 11) is 0. The van der Waals surface area contributed by atoms with Crippen molar-refractivity contribution in [3.8, 4) is 0 Å². The van der Waals surface area contributed by atoms with E-state index in [0.717, 1.165) is 0 Å². The van der Waals surface area contributed by atoms with E-state index >= 15 is 0 Å². The SMILES string of the molecule is O=C(O)c1ccc(NC(=O)C2CC(O)CN2)c(Br)c1. The van der Waals surface area contributed by atoms with Crippen molar-refractivity contribution in [2.75, 3.05) is 11.9 Å². The highest BCUT2D eigenvalue weighted by Gasteiger charge is 2.28. The lowest BCUT2D eigenvalue weighted by Gasteiger charge is -2.12. The Bertz CT molecular complexity index is 520. The average Bonchev–Trinajstić information content (AvgIpc) is 2.78. The van der Waals surface area contributed by atoms with Crippen LogP contribution >= 0.6 is 15.9 Å². The number of halogens is 1. The molecular formula is C12H13BrN2O4. The predicted octanol–water partition coefficient (Wildman–Crippen LogP) is 0.809. The van der Waals surface area contributed by atoms with Crippen LogP contribution in [0.2, 0.25) is 0 Å². The summed E-state index contributed by atoms with van der Waals surface area (Å²) in [4.78, 5) is 22.7. The zero-order valence-electron chi connectivity index (χ0n) is 9.89. The second-order valence-corrected chi connectivity index (χ2v) is 5.19. The molecule has 6 nitrogen and oxygen atoms in total. The van der Waals surface area contributed by atoms with Crippen LogP contribution < -0.4 is 10.6 Å². The summed E-state index contributed by atoms with van der Waals surface area (Å²) in [5, 5.41) is 23.8. The van der Waals surface area contributed by atoms with Crippen LogP contribution in [-0.2, 0) is 4.79 Å². The normalized spacial score (nSPS) is 22.2. The van der Waals surface area contributed by atoms with Crippen molar-refractivity contribution in [3.63, 3.8) is 0 Å². The molecule has 0 saturated carbocycles. The smallest absolute Gasteiger partial charge is 0.335 e. The van der Waals surface area contributed by atoms with Gasteiger partial charge >= 0.3 is 5.97 Å². The molecule has 1 saturated heterocycles. The maximum Gasteiger partial charge on any atom is 0.335 e. The number of benzene rings is 1. The summed E-state index contributed by atoms with van der Waals surface area (Å²) in [5.41, 5.74) is 0.637. The number of carboxylic acid groups (broad SMARTS) is 1. The van der Waals surface area contributed by atoms with Crippen LogP contribution in [0, 0.1) is 0 Å². The lowest BCUT2D eigenvalue weighted by Crippen LogP contribution is -2.35. The zero-order valence-corrected chi connectivity index (χ0v) is 11.5. The van der Waals surface area contributed by atoms with Gasteiger partial charge in [0.1, 0.15) is 0 Å². The van der Waals surface area contributed by atoms with E-state index in [9.17, 15) is 14.7 Å². The number of hydrogen-bond donors (Lipinski definition) is 4. The van der Waals surface area contributed by atoms with Crippen molar-refractivity contribution in [1.82, 2.24) is 5.32 Å². The van der Waals surface area contributed by atoms with E-state index in [1.165, 1.54) is 18.2 Å². The highest BCUT2D eigenvalue weighted by atomic mass is 79.9. The molecule has 0 radical (unpaired) electrons. The molecule has 2 atom stereocenters. The predicted molar refractivity (Wildman–Crippen MR) is 72.1 cm³/mol. The maximum atomic E-state index is 11.9. The first kappa shape index (κ1) is 14.0. The van der Waals surface area contributed by atoms with E-state index in [1.54, 1.807) is 0 Å². The first-order valence-corrected chi connectivity index (χ1v) is 6.52. The summed E-state index contributed by atoms with van der Waals surface area (Å²) < 4.78 is 0.499. The van der Waals surface area contributed by atoms with Gasteiger partial charge in [0.2, 0.25) is 5.91 Å². The lowest BCUT2D eigenvalue weighted by molar-refractivity contribution is -0.117. The van der Waals surface area contributed by atoms with E-state index in [1.807, 2.05) is 0 Å². The van der Waals surface area contributed by atoms with Crippen molar-refractivity contribution < 1.29 is 19.8 Å². The summed E-state index contributed by atoms with van der Waals surface area (Å²) in [6, 6.07) is 3.94. The number of amides is 1. The molecule has 7 heteroatoms. The third-order valence-corrected chi connectivity index (χ3v) is 3.55. The van der Waals surface area contributed by atoms with Gasteiger partial charge in [-0.25, -0.2) is 4.79 Å². The van der Waals surface area contributed by atoms with E-state index in [2.05, 4.69) is 26.6 Å². The number of hydrogen-bond acceptors (Lipinski definition) is 4. The van der Waals surface area contributed by atoms with Crippen molar-refractivity contribution >= 4 is 33.5 Å². The highest BCUT2D eigenvalue weighted by Crippen LogP contribution is 2.24. The minimum absolute atomic E-state index is 0.138. The molecule has 19 heavy (non-hydrogen) atoms. The molecule has 0 aromatic heterocycles. The molecule has 102 valence electrons. The molecule has 2 unspecified atom stereocenters. The van der Waals surface area contributed by atoms with Crippen LogP contribution in [0.25, 0.3) is 0 Å². The maximum absolute atomic E-state index is 11.9. The molecule has 0 aliphatic carbocycles. The Morgan fingerprint density at radius 2 is 2.16 bits per heavy atom. The first-order valence-electron chi connectivity index (χ1n) is 5.72. The molecule has 1 amide bonds. The number of nitrogens with one attached hydrogen (secondary N) is 2. The number of rotatable bonds is 3. The van der Waals surface area contributed by atoms with Gasteiger partial charge in [0.15, 0.2) is 0 Å².